The van der Waals surface area contributed by atoms with E-state index in [2.05, 4.69) is 5.32 Å². The van der Waals surface area contributed by atoms with E-state index < -0.39 is 28.8 Å². The highest BCUT2D eigenvalue weighted by atomic mass is 16.6. The van der Waals surface area contributed by atoms with Crippen molar-refractivity contribution in [3.05, 3.63) is 30.0 Å². The molecule has 0 spiro atoms. The number of alkyl carbamates (subject to hydrolysis) is 1. The molecule has 1 aromatic carbocycles. The predicted octanol–water partition coefficient (Wildman–Crippen LogP) is 4.93. The van der Waals surface area contributed by atoms with Gasteiger partial charge in [-0.15, -0.1) is 0 Å². The third-order valence-corrected chi connectivity index (χ3v) is 4.18. The van der Waals surface area contributed by atoms with Gasteiger partial charge in [0.15, 0.2) is 0 Å². The van der Waals surface area contributed by atoms with Crippen molar-refractivity contribution in [3.8, 4) is 5.75 Å². The van der Waals surface area contributed by atoms with Crippen LogP contribution in [0.3, 0.4) is 0 Å². The third-order valence-electron chi connectivity index (χ3n) is 4.18. The van der Waals surface area contributed by atoms with Crippen molar-refractivity contribution in [3.63, 3.8) is 0 Å². The Morgan fingerprint density at radius 2 is 1.59 bits per heavy atom. The first-order valence-corrected chi connectivity index (χ1v) is 9.64. The molecule has 7 nitrogen and oxygen atoms in total. The fraction of sp³-hybridized carbons (Fsp3) is 0.545. The van der Waals surface area contributed by atoms with Crippen molar-refractivity contribution >= 4 is 23.1 Å². The molecular weight excluding hydrogens is 372 g/mol. The van der Waals surface area contributed by atoms with Crippen LogP contribution in [-0.2, 0) is 14.9 Å². The minimum Gasteiger partial charge on any atom is -0.508 e. The molecule has 0 saturated heterocycles. The first kappa shape index (κ1) is 22.6. The molecule has 2 N–H and O–H groups in total. The number of phenols is 1. The minimum atomic E-state index is -0.640. The first-order valence-electron chi connectivity index (χ1n) is 9.64. The van der Waals surface area contributed by atoms with Gasteiger partial charge in [-0.3, -0.25) is 4.57 Å². The maximum Gasteiger partial charge on any atom is 0.419 e. The minimum absolute atomic E-state index is 0.0941. The van der Waals surface area contributed by atoms with Crippen LogP contribution in [0.4, 0.5) is 9.59 Å². The molecule has 0 atom stereocenters. The summed E-state index contributed by atoms with van der Waals surface area (Å²) in [5.74, 6) is 0.0941. The Morgan fingerprint density at radius 1 is 1.00 bits per heavy atom. The number of aromatic nitrogens is 1. The van der Waals surface area contributed by atoms with Crippen molar-refractivity contribution in [1.29, 1.82) is 0 Å². The lowest BCUT2D eigenvalue weighted by atomic mass is 9.84. The molecule has 0 radical (unpaired) electrons. The van der Waals surface area contributed by atoms with Crippen LogP contribution in [0.15, 0.2) is 24.4 Å². The van der Waals surface area contributed by atoms with Gasteiger partial charge in [-0.1, -0.05) is 13.8 Å². The van der Waals surface area contributed by atoms with Crippen LogP contribution in [0.5, 0.6) is 5.75 Å². The number of nitrogens with one attached hydrogen (secondary N) is 1. The van der Waals surface area contributed by atoms with E-state index in [-0.39, 0.29) is 12.3 Å². The second-order valence-corrected chi connectivity index (χ2v) is 9.83. The number of ether oxygens (including phenoxy) is 2. The summed E-state index contributed by atoms with van der Waals surface area (Å²) in [4.78, 5) is 24.8. The second kappa shape index (κ2) is 7.61. The first-order chi connectivity index (χ1) is 13.1. The zero-order valence-corrected chi connectivity index (χ0v) is 18.5. The van der Waals surface area contributed by atoms with Gasteiger partial charge in [0.05, 0.1) is 5.52 Å². The summed E-state index contributed by atoms with van der Waals surface area (Å²) < 4.78 is 12.3. The van der Waals surface area contributed by atoms with Gasteiger partial charge in [0, 0.05) is 23.5 Å². The molecule has 2 aromatic rings. The topological polar surface area (TPSA) is 89.8 Å². The Hall–Kier alpha value is -2.70. The number of fused-ring (bicyclic) bond motifs is 1. The van der Waals surface area contributed by atoms with Gasteiger partial charge in [-0.2, -0.15) is 0 Å². The SMILES string of the molecule is CC(C)(C)OC(=O)NCC(C)(C)c1cn(C(=O)OC(C)(C)C)c2ccc(O)cc12. The lowest BCUT2D eigenvalue weighted by Gasteiger charge is -2.26. The highest BCUT2D eigenvalue weighted by Crippen LogP contribution is 2.34. The van der Waals surface area contributed by atoms with Crippen LogP contribution in [-0.4, -0.2) is 39.6 Å². The Bertz CT molecular complexity index is 914. The molecular formula is C22H32N2O5. The van der Waals surface area contributed by atoms with Gasteiger partial charge in [0.2, 0.25) is 0 Å². The fourth-order valence-electron chi connectivity index (χ4n) is 2.92. The normalized spacial score (nSPS) is 12.7. The summed E-state index contributed by atoms with van der Waals surface area (Å²) in [7, 11) is 0. The summed E-state index contributed by atoms with van der Waals surface area (Å²) in [6.07, 6.45) is 0.689. The predicted molar refractivity (Wildman–Crippen MR) is 112 cm³/mol. The molecule has 0 fully saturated rings. The molecule has 0 aliphatic carbocycles. The fourth-order valence-corrected chi connectivity index (χ4v) is 2.92. The third kappa shape index (κ3) is 5.89. The molecule has 1 aromatic heterocycles. The Kier molecular flexibility index (Phi) is 5.93. The van der Waals surface area contributed by atoms with E-state index in [1.807, 2.05) is 13.8 Å². The highest BCUT2D eigenvalue weighted by molar-refractivity contribution is 5.93. The molecule has 2 rings (SSSR count). The van der Waals surface area contributed by atoms with E-state index >= 15 is 0 Å². The summed E-state index contributed by atoms with van der Waals surface area (Å²) >= 11 is 0. The average Bonchev–Trinajstić information content (AvgIpc) is 2.89. The van der Waals surface area contributed by atoms with Gasteiger partial charge < -0.3 is 19.9 Å². The Balaban J connectivity index is 2.39. The molecule has 29 heavy (non-hydrogen) atoms. The van der Waals surface area contributed by atoms with Crippen LogP contribution < -0.4 is 5.32 Å². The molecule has 0 aliphatic rings. The van der Waals surface area contributed by atoms with Crippen molar-refractivity contribution in [2.45, 2.75) is 72.0 Å². The standard InChI is InChI=1S/C22H32N2O5/c1-20(2,3)28-18(26)23-13-22(7,8)16-12-24(19(27)29-21(4,5)6)17-10-9-14(25)11-15(16)17/h9-12,25H,13H2,1-8H3,(H,23,26). The largest absolute Gasteiger partial charge is 0.508 e. The van der Waals surface area contributed by atoms with E-state index in [1.54, 1.807) is 59.9 Å². The van der Waals surface area contributed by atoms with Gasteiger partial charge in [-0.05, 0) is 65.3 Å². The Labute approximate surface area is 172 Å². The molecule has 1 heterocycles. The van der Waals surface area contributed by atoms with E-state index in [4.69, 9.17) is 9.47 Å². The number of phenolic OH excluding ortho intramolecular Hbond substituents is 1. The van der Waals surface area contributed by atoms with Crippen molar-refractivity contribution in [2.24, 2.45) is 0 Å². The smallest absolute Gasteiger partial charge is 0.419 e. The average molecular weight is 405 g/mol. The summed E-state index contributed by atoms with van der Waals surface area (Å²) in [6, 6.07) is 4.81. The number of amides is 1. The number of carbonyl (C=O) groups is 2. The number of hydrogen-bond donors (Lipinski definition) is 2. The number of carbonyl (C=O) groups excluding carboxylic acids is 2. The lowest BCUT2D eigenvalue weighted by molar-refractivity contribution is 0.0511. The number of benzene rings is 1. The number of hydrogen-bond acceptors (Lipinski definition) is 5. The van der Waals surface area contributed by atoms with Crippen molar-refractivity contribution in [1.82, 2.24) is 9.88 Å². The molecule has 0 bridgehead atoms. The molecule has 160 valence electrons. The Morgan fingerprint density at radius 3 is 2.14 bits per heavy atom. The quantitative estimate of drug-likeness (QED) is 0.757. The highest BCUT2D eigenvalue weighted by Gasteiger charge is 2.29. The van der Waals surface area contributed by atoms with E-state index in [0.29, 0.717) is 10.9 Å². The maximum atomic E-state index is 12.7. The number of nitrogens with zero attached hydrogens (tertiary/aromatic N) is 1. The van der Waals surface area contributed by atoms with E-state index in [1.165, 1.54) is 10.6 Å². The van der Waals surface area contributed by atoms with Crippen LogP contribution in [0, 0.1) is 0 Å². The van der Waals surface area contributed by atoms with E-state index in [9.17, 15) is 14.7 Å². The molecule has 0 aliphatic heterocycles. The van der Waals surface area contributed by atoms with Gasteiger partial charge in [-0.25, -0.2) is 9.59 Å². The zero-order chi connectivity index (χ0) is 22.2. The van der Waals surface area contributed by atoms with Crippen LogP contribution in [0.2, 0.25) is 0 Å². The maximum absolute atomic E-state index is 12.7. The summed E-state index contributed by atoms with van der Waals surface area (Å²) in [6.45, 7) is 15.0. The monoisotopic (exact) mass is 404 g/mol. The summed E-state index contributed by atoms with van der Waals surface area (Å²) in [5, 5.41) is 13.5. The second-order valence-electron chi connectivity index (χ2n) is 9.83. The van der Waals surface area contributed by atoms with E-state index in [0.717, 1.165) is 5.56 Å². The number of rotatable bonds is 3. The van der Waals surface area contributed by atoms with Crippen LogP contribution in [0.1, 0.15) is 61.0 Å². The van der Waals surface area contributed by atoms with Gasteiger partial charge >= 0.3 is 12.2 Å². The van der Waals surface area contributed by atoms with Crippen molar-refractivity contribution in [2.75, 3.05) is 6.54 Å². The summed E-state index contributed by atoms with van der Waals surface area (Å²) in [5.41, 5.74) is -0.357. The molecule has 1 amide bonds. The van der Waals surface area contributed by atoms with Gasteiger partial charge in [0.25, 0.3) is 0 Å². The number of aromatic hydroxyl groups is 1. The molecule has 0 unspecified atom stereocenters. The lowest BCUT2D eigenvalue weighted by Crippen LogP contribution is -2.39. The van der Waals surface area contributed by atoms with Crippen LogP contribution >= 0.6 is 0 Å². The van der Waals surface area contributed by atoms with Crippen LogP contribution in [0.25, 0.3) is 10.9 Å². The molecule has 0 saturated carbocycles. The van der Waals surface area contributed by atoms with Gasteiger partial charge in [0.1, 0.15) is 17.0 Å². The molecule has 7 heteroatoms. The van der Waals surface area contributed by atoms with Crippen molar-refractivity contribution < 1.29 is 24.2 Å². The zero-order valence-electron chi connectivity index (χ0n) is 18.5.